The van der Waals surface area contributed by atoms with Crippen LogP contribution in [0.15, 0.2) is 18.2 Å². The van der Waals surface area contributed by atoms with Crippen molar-refractivity contribution in [3.05, 3.63) is 23.8 Å². The first-order valence-electron chi connectivity index (χ1n) is 15.2. The lowest BCUT2D eigenvalue weighted by Crippen LogP contribution is -2.59. The number of benzene rings is 1. The lowest BCUT2D eigenvalue weighted by Gasteiger charge is -2.34. The van der Waals surface area contributed by atoms with Crippen LogP contribution in [0.2, 0.25) is 0 Å². The molecule has 1 aromatic carbocycles. The van der Waals surface area contributed by atoms with Crippen LogP contribution in [-0.2, 0) is 30.2 Å². The summed E-state index contributed by atoms with van der Waals surface area (Å²) in [6, 6.07) is 3.89. The number of rotatable bonds is 17. The van der Waals surface area contributed by atoms with Gasteiger partial charge in [0, 0.05) is 12.5 Å². The van der Waals surface area contributed by atoms with Crippen LogP contribution in [0, 0.1) is 5.92 Å². The Morgan fingerprint density at radius 3 is 1.98 bits per heavy atom. The third-order valence-electron chi connectivity index (χ3n) is 6.86. The molecule has 11 nitrogen and oxygen atoms in total. The van der Waals surface area contributed by atoms with Gasteiger partial charge in [0.05, 0.1) is 19.1 Å². The Hall–Kier alpha value is -3.34. The number of hydrogen-bond acceptors (Lipinski definition) is 10. The van der Waals surface area contributed by atoms with Gasteiger partial charge in [-0.25, -0.2) is 14.4 Å². The first-order chi connectivity index (χ1) is 20.1. The summed E-state index contributed by atoms with van der Waals surface area (Å²) in [6.45, 7) is 7.87. The van der Waals surface area contributed by atoms with Crippen LogP contribution in [0.1, 0.15) is 104 Å². The van der Waals surface area contributed by atoms with Gasteiger partial charge in [0.15, 0.2) is 11.5 Å². The molecule has 1 aliphatic rings. The van der Waals surface area contributed by atoms with Crippen molar-refractivity contribution in [3.8, 4) is 11.5 Å². The van der Waals surface area contributed by atoms with Gasteiger partial charge in [-0.1, -0.05) is 64.9 Å². The highest BCUT2D eigenvalue weighted by molar-refractivity contribution is 5.83. The summed E-state index contributed by atoms with van der Waals surface area (Å²) in [4.78, 5) is 50.4. The number of carboxylic acids is 1. The summed E-state index contributed by atoms with van der Waals surface area (Å²) in [6.07, 6.45) is 6.84. The first-order valence-corrected chi connectivity index (χ1v) is 15.2. The van der Waals surface area contributed by atoms with Crippen LogP contribution in [0.4, 0.5) is 9.59 Å². The fraction of sp³-hybridized carbons (Fsp3) is 0.677. The minimum absolute atomic E-state index is 0.110. The van der Waals surface area contributed by atoms with E-state index in [0.29, 0.717) is 31.2 Å². The van der Waals surface area contributed by atoms with Crippen LogP contribution >= 0.6 is 0 Å². The smallest absolute Gasteiger partial charge is 0.477 e. The van der Waals surface area contributed by atoms with Crippen molar-refractivity contribution < 1.29 is 48.0 Å². The highest BCUT2D eigenvalue weighted by Crippen LogP contribution is 2.32. The van der Waals surface area contributed by atoms with E-state index in [-0.39, 0.29) is 43.1 Å². The van der Waals surface area contributed by atoms with Gasteiger partial charge in [0.25, 0.3) is 5.72 Å². The number of carboxylic acid groups (broad SMARTS) is 1. The maximum Gasteiger partial charge on any atom is 0.513 e. The second-order valence-electron chi connectivity index (χ2n) is 11.0. The van der Waals surface area contributed by atoms with Gasteiger partial charge in [0.2, 0.25) is 0 Å². The molecule has 0 aliphatic heterocycles. The monoisotopic (exact) mass is 593 g/mol. The maximum atomic E-state index is 13.1. The van der Waals surface area contributed by atoms with Crippen LogP contribution in [0.5, 0.6) is 11.5 Å². The molecule has 2 rings (SSSR count). The lowest BCUT2D eigenvalue weighted by molar-refractivity contribution is -0.188. The number of carbonyl (C=O) groups excluding carboxylic acids is 3. The average molecular weight is 594 g/mol. The van der Waals surface area contributed by atoms with Gasteiger partial charge in [-0.05, 0) is 57.2 Å². The number of unbranched alkanes of at least 4 members (excludes halogenated alkanes) is 4. The number of esters is 1. The van der Waals surface area contributed by atoms with Gasteiger partial charge in [-0.3, -0.25) is 10.1 Å². The quantitative estimate of drug-likeness (QED) is 0.0667. The Labute approximate surface area is 248 Å². The van der Waals surface area contributed by atoms with E-state index < -0.39 is 30.0 Å². The highest BCUT2D eigenvalue weighted by Gasteiger charge is 2.45. The molecule has 0 heterocycles. The summed E-state index contributed by atoms with van der Waals surface area (Å²) in [7, 11) is 0. The van der Waals surface area contributed by atoms with Gasteiger partial charge in [-0.15, -0.1) is 0 Å². The van der Waals surface area contributed by atoms with E-state index in [9.17, 15) is 24.3 Å². The largest absolute Gasteiger partial charge is 0.513 e. The SMILES string of the molecule is CCCCCOC(=O)Oc1ccc(C[C@](NC(C)C)(OC(=O)C2CCCCC2)C(=O)O)cc1OC(=O)OCCCCC. The van der Waals surface area contributed by atoms with Crippen molar-refractivity contribution in [3.63, 3.8) is 0 Å². The van der Waals surface area contributed by atoms with Crippen molar-refractivity contribution in [2.24, 2.45) is 5.92 Å². The number of aliphatic carboxylic acids is 1. The number of ether oxygens (including phenoxy) is 5. The van der Waals surface area contributed by atoms with Crippen LogP contribution < -0.4 is 14.8 Å². The molecule has 42 heavy (non-hydrogen) atoms. The third kappa shape index (κ3) is 11.9. The van der Waals surface area contributed by atoms with E-state index in [1.54, 1.807) is 13.8 Å². The van der Waals surface area contributed by atoms with Crippen LogP contribution in [0.25, 0.3) is 0 Å². The standard InChI is InChI=1S/C31H47NO10/c1-5-7-12-18-38-29(36)40-25-17-16-23(20-26(25)41-30(37)39-19-13-8-6-2)21-31(28(34)35,32-22(3)4)42-27(33)24-14-10-9-11-15-24/h16-17,20,22,24,32H,5-15,18-19,21H2,1-4H3,(H,34,35)/t31-/m0/s1. The molecule has 236 valence electrons. The molecule has 2 N–H and O–H groups in total. The molecule has 1 aliphatic carbocycles. The Kier molecular flexibility index (Phi) is 15.1. The van der Waals surface area contributed by atoms with Crippen molar-refractivity contribution in [2.75, 3.05) is 13.2 Å². The fourth-order valence-electron chi connectivity index (χ4n) is 4.72. The minimum atomic E-state index is -2.08. The van der Waals surface area contributed by atoms with Gasteiger partial charge < -0.3 is 28.8 Å². The number of hydrogen-bond donors (Lipinski definition) is 2. The van der Waals surface area contributed by atoms with Crippen molar-refractivity contribution in [1.82, 2.24) is 5.32 Å². The van der Waals surface area contributed by atoms with Gasteiger partial charge in [0.1, 0.15) is 0 Å². The summed E-state index contributed by atoms with van der Waals surface area (Å²) in [5, 5.41) is 13.2. The average Bonchev–Trinajstić information content (AvgIpc) is 2.95. The molecule has 0 spiro atoms. The lowest BCUT2D eigenvalue weighted by atomic mass is 9.89. The second-order valence-corrected chi connectivity index (χ2v) is 11.0. The zero-order valence-electron chi connectivity index (χ0n) is 25.4. The van der Waals surface area contributed by atoms with Crippen LogP contribution in [0.3, 0.4) is 0 Å². The van der Waals surface area contributed by atoms with E-state index in [4.69, 9.17) is 23.7 Å². The zero-order valence-corrected chi connectivity index (χ0v) is 25.4. The maximum absolute atomic E-state index is 13.1. The summed E-state index contributed by atoms with van der Waals surface area (Å²) in [5.74, 6) is -2.58. The number of nitrogens with one attached hydrogen (secondary N) is 1. The minimum Gasteiger partial charge on any atom is -0.477 e. The Morgan fingerprint density at radius 1 is 0.881 bits per heavy atom. The molecule has 1 fully saturated rings. The molecule has 0 radical (unpaired) electrons. The molecule has 0 saturated heterocycles. The third-order valence-corrected chi connectivity index (χ3v) is 6.86. The zero-order chi connectivity index (χ0) is 31.0. The van der Waals surface area contributed by atoms with E-state index >= 15 is 0 Å². The summed E-state index contributed by atoms with van der Waals surface area (Å²) < 4.78 is 26.6. The molecule has 1 saturated carbocycles. The molecular weight excluding hydrogens is 546 g/mol. The van der Waals surface area contributed by atoms with Crippen molar-refractivity contribution in [2.45, 2.75) is 117 Å². The van der Waals surface area contributed by atoms with Crippen molar-refractivity contribution in [1.29, 1.82) is 0 Å². The molecular formula is C31H47NO10. The predicted octanol–water partition coefficient (Wildman–Crippen LogP) is 6.54. The van der Waals surface area contributed by atoms with E-state index in [1.165, 1.54) is 18.2 Å². The molecule has 1 aromatic rings. The van der Waals surface area contributed by atoms with Crippen molar-refractivity contribution >= 4 is 24.2 Å². The highest BCUT2D eigenvalue weighted by atomic mass is 16.7. The number of carbonyl (C=O) groups is 4. The molecule has 0 aromatic heterocycles. The van der Waals surface area contributed by atoms with E-state index in [2.05, 4.69) is 5.32 Å². The van der Waals surface area contributed by atoms with Crippen LogP contribution in [-0.4, -0.2) is 54.3 Å². The summed E-state index contributed by atoms with van der Waals surface area (Å²) >= 11 is 0. The topological polar surface area (TPSA) is 147 Å². The van der Waals surface area contributed by atoms with Gasteiger partial charge >= 0.3 is 24.2 Å². The summed E-state index contributed by atoms with van der Waals surface area (Å²) in [5.41, 5.74) is -1.74. The van der Waals surface area contributed by atoms with Gasteiger partial charge in [-0.2, -0.15) is 0 Å². The molecule has 0 unspecified atom stereocenters. The fourth-order valence-corrected chi connectivity index (χ4v) is 4.72. The molecule has 11 heteroatoms. The Bertz CT molecular complexity index is 1020. The molecule has 1 atom stereocenters. The predicted molar refractivity (Wildman–Crippen MR) is 154 cm³/mol. The van der Waals surface area contributed by atoms with E-state index in [0.717, 1.165) is 44.9 Å². The first kappa shape index (κ1) is 34.9. The normalized spacial score (nSPS) is 15.0. The Balaban J connectivity index is 2.32. The van der Waals surface area contributed by atoms with E-state index in [1.807, 2.05) is 13.8 Å². The Morgan fingerprint density at radius 2 is 1.45 bits per heavy atom. The molecule has 0 amide bonds. The molecule has 0 bridgehead atoms. The second kappa shape index (κ2) is 18.3.